The molecular formula is C18H23ClN2O2. The predicted molar refractivity (Wildman–Crippen MR) is 91.4 cm³/mol. The molecule has 5 heteroatoms. The molecule has 2 saturated carbocycles. The van der Waals surface area contributed by atoms with E-state index in [1.54, 1.807) is 6.07 Å². The van der Waals surface area contributed by atoms with Crippen LogP contribution in [0.15, 0.2) is 18.2 Å². The number of anilines is 1. The van der Waals surface area contributed by atoms with Gasteiger partial charge in [0.15, 0.2) is 0 Å². The largest absolute Gasteiger partial charge is 0.353 e. The van der Waals surface area contributed by atoms with Crippen molar-refractivity contribution in [1.82, 2.24) is 5.32 Å². The van der Waals surface area contributed by atoms with E-state index >= 15 is 0 Å². The lowest BCUT2D eigenvalue weighted by Crippen LogP contribution is -2.37. The lowest BCUT2D eigenvalue weighted by molar-refractivity contribution is -0.126. The van der Waals surface area contributed by atoms with Gasteiger partial charge in [-0.25, -0.2) is 0 Å². The second kappa shape index (κ2) is 6.91. The fourth-order valence-electron chi connectivity index (χ4n) is 3.30. The molecule has 2 fully saturated rings. The molecule has 3 rings (SSSR count). The lowest BCUT2D eigenvalue weighted by Gasteiger charge is -2.22. The Morgan fingerprint density at radius 3 is 2.52 bits per heavy atom. The maximum absolute atomic E-state index is 12.3. The van der Waals surface area contributed by atoms with E-state index in [1.165, 1.54) is 19.3 Å². The van der Waals surface area contributed by atoms with Gasteiger partial charge in [-0.2, -0.15) is 0 Å². The van der Waals surface area contributed by atoms with E-state index in [9.17, 15) is 9.59 Å². The molecule has 2 amide bonds. The van der Waals surface area contributed by atoms with Crippen molar-refractivity contribution in [2.75, 3.05) is 5.32 Å². The molecule has 124 valence electrons. The van der Waals surface area contributed by atoms with Crippen molar-refractivity contribution in [3.8, 4) is 0 Å². The van der Waals surface area contributed by atoms with E-state index in [-0.39, 0.29) is 23.7 Å². The van der Waals surface area contributed by atoms with Crippen LogP contribution in [0, 0.1) is 18.8 Å². The molecule has 2 aliphatic carbocycles. The van der Waals surface area contributed by atoms with Gasteiger partial charge in [0.05, 0.1) is 11.8 Å². The summed E-state index contributed by atoms with van der Waals surface area (Å²) in [5.41, 5.74) is 1.58. The van der Waals surface area contributed by atoms with E-state index in [4.69, 9.17) is 11.6 Å². The topological polar surface area (TPSA) is 58.2 Å². The number of halogens is 1. The third-order valence-electron chi connectivity index (χ3n) is 4.94. The van der Waals surface area contributed by atoms with Gasteiger partial charge in [0, 0.05) is 16.8 Å². The highest BCUT2D eigenvalue weighted by Gasteiger charge is 2.48. The molecule has 2 N–H and O–H groups in total. The van der Waals surface area contributed by atoms with Gasteiger partial charge in [-0.15, -0.1) is 0 Å². The fraction of sp³-hybridized carbons (Fsp3) is 0.556. The molecule has 0 aromatic heterocycles. The number of amides is 2. The van der Waals surface area contributed by atoms with Gasteiger partial charge >= 0.3 is 0 Å². The first-order valence-electron chi connectivity index (χ1n) is 8.42. The van der Waals surface area contributed by atoms with Crippen LogP contribution in [0.4, 0.5) is 5.69 Å². The summed E-state index contributed by atoms with van der Waals surface area (Å²) < 4.78 is 0. The van der Waals surface area contributed by atoms with Crippen LogP contribution >= 0.6 is 11.6 Å². The molecule has 0 bridgehead atoms. The SMILES string of the molecule is Cc1c(Cl)cccc1NC(=O)C1CC1C(=O)NC1CCCCC1. The quantitative estimate of drug-likeness (QED) is 0.882. The zero-order chi connectivity index (χ0) is 16.4. The Kier molecular flexibility index (Phi) is 4.90. The van der Waals surface area contributed by atoms with Gasteiger partial charge in [0.25, 0.3) is 0 Å². The van der Waals surface area contributed by atoms with Crippen molar-refractivity contribution >= 4 is 29.1 Å². The monoisotopic (exact) mass is 334 g/mol. The Balaban J connectivity index is 1.52. The summed E-state index contributed by atoms with van der Waals surface area (Å²) in [4.78, 5) is 24.6. The van der Waals surface area contributed by atoms with Crippen molar-refractivity contribution in [3.63, 3.8) is 0 Å². The molecule has 0 aliphatic heterocycles. The van der Waals surface area contributed by atoms with Gasteiger partial charge in [0.1, 0.15) is 0 Å². The number of rotatable bonds is 4. The molecule has 2 unspecified atom stereocenters. The highest BCUT2D eigenvalue weighted by molar-refractivity contribution is 6.31. The molecule has 4 nitrogen and oxygen atoms in total. The van der Waals surface area contributed by atoms with Crippen LogP contribution in [0.5, 0.6) is 0 Å². The van der Waals surface area contributed by atoms with E-state index in [0.717, 1.165) is 24.1 Å². The van der Waals surface area contributed by atoms with Crippen LogP contribution in [0.3, 0.4) is 0 Å². The fourth-order valence-corrected chi connectivity index (χ4v) is 3.47. The molecule has 1 aromatic rings. The summed E-state index contributed by atoms with van der Waals surface area (Å²) in [6, 6.07) is 5.74. The first-order chi connectivity index (χ1) is 11.1. The van der Waals surface area contributed by atoms with Gasteiger partial charge in [-0.05, 0) is 43.9 Å². The molecule has 0 spiro atoms. The zero-order valence-corrected chi connectivity index (χ0v) is 14.2. The van der Waals surface area contributed by atoms with Crippen LogP contribution in [-0.4, -0.2) is 17.9 Å². The van der Waals surface area contributed by atoms with Crippen LogP contribution in [-0.2, 0) is 9.59 Å². The zero-order valence-electron chi connectivity index (χ0n) is 13.4. The minimum atomic E-state index is -0.211. The average Bonchev–Trinajstić information content (AvgIpc) is 3.33. The molecule has 0 radical (unpaired) electrons. The standard InChI is InChI=1S/C18H23ClN2O2/c1-11-15(19)8-5-9-16(11)21-18(23)14-10-13(14)17(22)20-12-6-3-2-4-7-12/h5,8-9,12-14H,2-4,6-7,10H2,1H3,(H,20,22)(H,21,23). The number of nitrogens with one attached hydrogen (secondary N) is 2. The Morgan fingerprint density at radius 2 is 1.78 bits per heavy atom. The van der Waals surface area contributed by atoms with Crippen LogP contribution < -0.4 is 10.6 Å². The maximum atomic E-state index is 12.3. The Hall–Kier alpha value is -1.55. The van der Waals surface area contributed by atoms with Crippen LogP contribution in [0.25, 0.3) is 0 Å². The number of hydrogen-bond acceptors (Lipinski definition) is 2. The van der Waals surface area contributed by atoms with Crippen molar-refractivity contribution < 1.29 is 9.59 Å². The molecule has 23 heavy (non-hydrogen) atoms. The van der Waals surface area contributed by atoms with E-state index < -0.39 is 0 Å². The summed E-state index contributed by atoms with van der Waals surface area (Å²) in [6.45, 7) is 1.87. The number of benzene rings is 1. The van der Waals surface area contributed by atoms with Crippen LogP contribution in [0.1, 0.15) is 44.1 Å². The van der Waals surface area contributed by atoms with Crippen molar-refractivity contribution in [3.05, 3.63) is 28.8 Å². The molecule has 1 aromatic carbocycles. The second-order valence-corrected chi connectivity index (χ2v) is 7.10. The predicted octanol–water partition coefficient (Wildman–Crippen LogP) is 3.67. The summed E-state index contributed by atoms with van der Waals surface area (Å²) in [6.07, 6.45) is 6.42. The summed E-state index contributed by atoms with van der Waals surface area (Å²) in [5, 5.41) is 6.64. The van der Waals surface area contributed by atoms with Gasteiger partial charge in [-0.1, -0.05) is 36.9 Å². The molecule has 2 atom stereocenters. The Bertz CT molecular complexity index is 611. The summed E-state index contributed by atoms with van der Waals surface area (Å²) >= 11 is 6.06. The molecule has 0 heterocycles. The van der Waals surface area contributed by atoms with Crippen molar-refractivity contribution in [2.45, 2.75) is 51.5 Å². The van der Waals surface area contributed by atoms with Crippen LogP contribution in [0.2, 0.25) is 5.02 Å². The Labute approximate surface area is 142 Å². The highest BCUT2D eigenvalue weighted by atomic mass is 35.5. The van der Waals surface area contributed by atoms with E-state index in [1.807, 2.05) is 19.1 Å². The summed E-state index contributed by atoms with van der Waals surface area (Å²) in [5.74, 6) is -0.424. The Morgan fingerprint density at radius 1 is 1.09 bits per heavy atom. The van der Waals surface area contributed by atoms with Gasteiger partial charge < -0.3 is 10.6 Å². The minimum Gasteiger partial charge on any atom is -0.353 e. The highest BCUT2D eigenvalue weighted by Crippen LogP contribution is 2.40. The second-order valence-electron chi connectivity index (χ2n) is 6.69. The minimum absolute atomic E-state index is 0.0415. The summed E-state index contributed by atoms with van der Waals surface area (Å²) in [7, 11) is 0. The maximum Gasteiger partial charge on any atom is 0.228 e. The van der Waals surface area contributed by atoms with E-state index in [0.29, 0.717) is 17.5 Å². The van der Waals surface area contributed by atoms with Gasteiger partial charge in [0.2, 0.25) is 11.8 Å². The van der Waals surface area contributed by atoms with Gasteiger partial charge in [-0.3, -0.25) is 9.59 Å². The number of carbonyl (C=O) groups excluding carboxylic acids is 2. The molecular weight excluding hydrogens is 312 g/mol. The first kappa shape index (κ1) is 16.3. The third kappa shape index (κ3) is 3.86. The lowest BCUT2D eigenvalue weighted by atomic mass is 9.95. The third-order valence-corrected chi connectivity index (χ3v) is 5.35. The molecule has 0 saturated heterocycles. The normalized spacial score (nSPS) is 24.1. The first-order valence-corrected chi connectivity index (χ1v) is 8.80. The van der Waals surface area contributed by atoms with E-state index in [2.05, 4.69) is 10.6 Å². The number of carbonyl (C=O) groups is 2. The van der Waals surface area contributed by atoms with Crippen molar-refractivity contribution in [2.24, 2.45) is 11.8 Å². The van der Waals surface area contributed by atoms with Crippen molar-refractivity contribution in [1.29, 1.82) is 0 Å². The average molecular weight is 335 g/mol. The smallest absolute Gasteiger partial charge is 0.228 e. The molecule has 2 aliphatic rings. The number of hydrogen-bond donors (Lipinski definition) is 2.